The van der Waals surface area contributed by atoms with Crippen LogP contribution in [-0.4, -0.2) is 44.8 Å². The molecule has 1 aromatic heterocycles. The molecule has 126 valence electrons. The topological polar surface area (TPSA) is 80.1 Å². The van der Waals surface area contributed by atoms with Crippen LogP contribution in [0.4, 0.5) is 5.69 Å². The van der Waals surface area contributed by atoms with Gasteiger partial charge in [0.2, 0.25) is 11.8 Å². The molecule has 0 atom stereocenters. The zero-order valence-corrected chi connectivity index (χ0v) is 13.7. The number of rotatable bonds is 4. The van der Waals surface area contributed by atoms with Crippen LogP contribution in [0, 0.1) is 0 Å². The van der Waals surface area contributed by atoms with E-state index >= 15 is 0 Å². The molecular weight excluding hydrogens is 306 g/mol. The summed E-state index contributed by atoms with van der Waals surface area (Å²) in [6.45, 7) is 2.96. The highest BCUT2D eigenvalue weighted by Crippen LogP contribution is 2.22. The van der Waals surface area contributed by atoms with Crippen molar-refractivity contribution in [2.75, 3.05) is 18.4 Å². The second kappa shape index (κ2) is 7.25. The Hall–Kier alpha value is -2.70. The van der Waals surface area contributed by atoms with Crippen LogP contribution in [0.25, 0.3) is 0 Å². The van der Waals surface area contributed by atoms with E-state index in [4.69, 9.17) is 0 Å². The van der Waals surface area contributed by atoms with Crippen LogP contribution in [-0.2, 0) is 16.0 Å². The van der Waals surface area contributed by atoms with E-state index in [9.17, 15) is 9.59 Å². The van der Waals surface area contributed by atoms with E-state index in [0.29, 0.717) is 12.5 Å². The molecule has 1 N–H and O–H groups in total. The molecule has 2 aromatic rings. The molecule has 2 heterocycles. The van der Waals surface area contributed by atoms with Crippen molar-refractivity contribution < 1.29 is 9.59 Å². The number of amides is 2. The van der Waals surface area contributed by atoms with Gasteiger partial charge in [-0.2, -0.15) is 0 Å². The zero-order chi connectivity index (χ0) is 16.9. The molecule has 1 aliphatic heterocycles. The highest BCUT2D eigenvalue weighted by atomic mass is 16.2. The normalized spacial score (nSPS) is 15.3. The maximum atomic E-state index is 12.4. The van der Waals surface area contributed by atoms with Gasteiger partial charge in [-0.05, 0) is 30.5 Å². The van der Waals surface area contributed by atoms with Crippen LogP contribution in [0.15, 0.2) is 36.7 Å². The van der Waals surface area contributed by atoms with E-state index in [1.54, 1.807) is 6.20 Å². The Morgan fingerprint density at radius 1 is 1.21 bits per heavy atom. The number of aromatic nitrogens is 3. The van der Waals surface area contributed by atoms with Gasteiger partial charge >= 0.3 is 0 Å². The van der Waals surface area contributed by atoms with Crippen LogP contribution in [0.2, 0.25) is 0 Å². The Balaban J connectivity index is 1.51. The molecule has 1 aromatic carbocycles. The monoisotopic (exact) mass is 327 g/mol. The molecule has 0 radical (unpaired) electrons. The SMILES string of the molecule is CC(=O)Nc1ccc(CC(=O)N2CCC(n3ccnn3)CC2)cc1. The third kappa shape index (κ3) is 3.98. The first-order chi connectivity index (χ1) is 11.6. The van der Waals surface area contributed by atoms with Gasteiger partial charge in [-0.15, -0.1) is 5.10 Å². The Morgan fingerprint density at radius 3 is 2.50 bits per heavy atom. The summed E-state index contributed by atoms with van der Waals surface area (Å²) in [6, 6.07) is 7.73. The zero-order valence-electron chi connectivity index (χ0n) is 13.7. The maximum absolute atomic E-state index is 12.4. The molecule has 1 aliphatic rings. The van der Waals surface area contributed by atoms with Crippen molar-refractivity contribution in [3.63, 3.8) is 0 Å². The molecule has 2 amide bonds. The van der Waals surface area contributed by atoms with Gasteiger partial charge in [-0.25, -0.2) is 4.68 Å². The van der Waals surface area contributed by atoms with E-state index in [2.05, 4.69) is 15.6 Å². The van der Waals surface area contributed by atoms with Crippen LogP contribution in [0.5, 0.6) is 0 Å². The fourth-order valence-corrected chi connectivity index (χ4v) is 2.99. The summed E-state index contributed by atoms with van der Waals surface area (Å²) in [5.74, 6) is 0.0356. The molecule has 0 saturated carbocycles. The lowest BCUT2D eigenvalue weighted by molar-refractivity contribution is -0.131. The van der Waals surface area contributed by atoms with E-state index in [1.807, 2.05) is 40.0 Å². The molecule has 0 unspecified atom stereocenters. The molecule has 1 saturated heterocycles. The lowest BCUT2D eigenvalue weighted by atomic mass is 10.0. The van der Waals surface area contributed by atoms with Gasteiger partial charge in [0.1, 0.15) is 0 Å². The van der Waals surface area contributed by atoms with Crippen molar-refractivity contribution in [2.45, 2.75) is 32.2 Å². The minimum atomic E-state index is -0.103. The second-order valence-electron chi connectivity index (χ2n) is 6.05. The number of nitrogens with one attached hydrogen (secondary N) is 1. The van der Waals surface area contributed by atoms with E-state index in [0.717, 1.165) is 37.2 Å². The number of anilines is 1. The maximum Gasteiger partial charge on any atom is 0.226 e. The summed E-state index contributed by atoms with van der Waals surface area (Å²) in [6.07, 6.45) is 5.74. The Labute approximate surface area is 140 Å². The van der Waals surface area contributed by atoms with Gasteiger partial charge in [0.15, 0.2) is 0 Å². The molecule has 24 heavy (non-hydrogen) atoms. The summed E-state index contributed by atoms with van der Waals surface area (Å²) in [7, 11) is 0. The fraction of sp³-hybridized carbons (Fsp3) is 0.412. The number of hydrogen-bond acceptors (Lipinski definition) is 4. The average Bonchev–Trinajstić information content (AvgIpc) is 3.11. The molecule has 1 fully saturated rings. The molecular formula is C17H21N5O2. The van der Waals surface area contributed by atoms with Crippen LogP contribution in [0.1, 0.15) is 31.4 Å². The summed E-state index contributed by atoms with van der Waals surface area (Å²) in [4.78, 5) is 25.4. The molecule has 7 heteroatoms. The van der Waals surface area contributed by atoms with Crippen molar-refractivity contribution >= 4 is 17.5 Å². The van der Waals surface area contributed by atoms with Gasteiger partial charge in [0, 0.05) is 31.9 Å². The van der Waals surface area contributed by atoms with Gasteiger partial charge < -0.3 is 10.2 Å². The summed E-state index contributed by atoms with van der Waals surface area (Å²) in [5.41, 5.74) is 1.69. The number of piperidine rings is 1. The number of hydrogen-bond donors (Lipinski definition) is 1. The van der Waals surface area contributed by atoms with Gasteiger partial charge in [-0.1, -0.05) is 17.3 Å². The quantitative estimate of drug-likeness (QED) is 0.926. The van der Waals surface area contributed by atoms with Crippen molar-refractivity contribution in [3.8, 4) is 0 Å². The minimum Gasteiger partial charge on any atom is -0.342 e. The standard InChI is InChI=1S/C17H21N5O2/c1-13(23)19-15-4-2-14(3-5-15)12-17(24)21-9-6-16(7-10-21)22-11-8-18-20-22/h2-5,8,11,16H,6-7,9-10,12H2,1H3,(H,19,23). The first kappa shape index (κ1) is 16.2. The van der Waals surface area contributed by atoms with E-state index in [1.165, 1.54) is 6.92 Å². The summed E-state index contributed by atoms with van der Waals surface area (Å²) < 4.78 is 1.88. The van der Waals surface area contributed by atoms with Gasteiger partial charge in [0.05, 0.1) is 18.7 Å². The molecule has 7 nitrogen and oxygen atoms in total. The predicted octanol–water partition coefficient (Wildman–Crippen LogP) is 1.64. The number of likely N-dealkylation sites (tertiary alicyclic amines) is 1. The minimum absolute atomic E-state index is 0.103. The highest BCUT2D eigenvalue weighted by molar-refractivity contribution is 5.88. The lowest BCUT2D eigenvalue weighted by Crippen LogP contribution is -2.40. The second-order valence-corrected chi connectivity index (χ2v) is 6.05. The Morgan fingerprint density at radius 2 is 1.92 bits per heavy atom. The lowest BCUT2D eigenvalue weighted by Gasteiger charge is -2.32. The highest BCUT2D eigenvalue weighted by Gasteiger charge is 2.24. The fourth-order valence-electron chi connectivity index (χ4n) is 2.99. The molecule has 0 bridgehead atoms. The summed E-state index contributed by atoms with van der Waals surface area (Å²) >= 11 is 0. The van der Waals surface area contributed by atoms with Crippen LogP contribution >= 0.6 is 0 Å². The van der Waals surface area contributed by atoms with Crippen molar-refractivity contribution in [3.05, 3.63) is 42.2 Å². The predicted molar refractivity (Wildman–Crippen MR) is 89.3 cm³/mol. The first-order valence-electron chi connectivity index (χ1n) is 8.12. The van der Waals surface area contributed by atoms with Crippen molar-refractivity contribution in [1.82, 2.24) is 19.9 Å². The largest absolute Gasteiger partial charge is 0.342 e. The average molecular weight is 327 g/mol. The molecule has 3 rings (SSSR count). The van der Waals surface area contributed by atoms with Crippen LogP contribution < -0.4 is 5.32 Å². The third-order valence-electron chi connectivity index (χ3n) is 4.26. The third-order valence-corrected chi connectivity index (χ3v) is 4.26. The van der Waals surface area contributed by atoms with E-state index in [-0.39, 0.29) is 11.8 Å². The van der Waals surface area contributed by atoms with Gasteiger partial charge in [-0.3, -0.25) is 9.59 Å². The number of carbonyl (C=O) groups is 2. The number of benzene rings is 1. The van der Waals surface area contributed by atoms with E-state index < -0.39 is 0 Å². The van der Waals surface area contributed by atoms with Crippen LogP contribution in [0.3, 0.4) is 0 Å². The molecule has 0 spiro atoms. The summed E-state index contributed by atoms with van der Waals surface area (Å²) in [5, 5.41) is 10.6. The Bertz CT molecular complexity index is 688. The number of carbonyl (C=O) groups excluding carboxylic acids is 2. The number of nitrogens with zero attached hydrogens (tertiary/aromatic N) is 4. The van der Waals surface area contributed by atoms with Crippen molar-refractivity contribution in [2.24, 2.45) is 0 Å². The van der Waals surface area contributed by atoms with Crippen molar-refractivity contribution in [1.29, 1.82) is 0 Å². The van der Waals surface area contributed by atoms with Gasteiger partial charge in [0.25, 0.3) is 0 Å². The smallest absolute Gasteiger partial charge is 0.226 e. The molecule has 0 aliphatic carbocycles. The first-order valence-corrected chi connectivity index (χ1v) is 8.12. The Kier molecular flexibility index (Phi) is 4.88.